The average Bonchev–Trinajstić information content (AvgIpc) is 3.11. The van der Waals surface area contributed by atoms with Gasteiger partial charge in [-0.1, -0.05) is 112 Å². The molecular weight excluding hydrogens is 636 g/mol. The second kappa shape index (κ2) is 32.3. The van der Waals surface area contributed by atoms with Crippen molar-refractivity contribution < 1.29 is 44.2 Å². The summed E-state index contributed by atoms with van der Waals surface area (Å²) in [5.74, 6) is -0.382. The summed E-state index contributed by atoms with van der Waals surface area (Å²) >= 11 is 0. The van der Waals surface area contributed by atoms with Gasteiger partial charge in [0, 0.05) is 13.0 Å². The van der Waals surface area contributed by atoms with E-state index in [0.29, 0.717) is 13.0 Å². The minimum Gasteiger partial charge on any atom is -0.457 e. The number of ether oxygens (including phenoxy) is 4. The van der Waals surface area contributed by atoms with E-state index in [-0.39, 0.29) is 25.6 Å². The standard InChI is InChI=1S/C41H66O9/c1-3-5-6-7-8-9-10-11-12-13-14-15-16-17-18-19-20-21-22-23-24-25-26-27-28-29-31-47-33-35(49-37(43)30-4-2)34-48-41-40(46)39(45)38(44)36(32-42)50-41/h5-6,8-9,11-12,14-15,17-18,20-21,23-24,35-36,38-42,44-46H,3-4,7,10,13,16,19,22,25-34H2,1-2H3/b6-5-,9-8-,12-11-,15-14-,18-17-,21-20-,24-23-. The zero-order valence-corrected chi connectivity index (χ0v) is 30.6. The fraction of sp³-hybridized carbons (Fsp3) is 0.634. The maximum atomic E-state index is 12.1. The van der Waals surface area contributed by atoms with Crippen LogP contribution in [0.4, 0.5) is 0 Å². The molecule has 0 bridgehead atoms. The van der Waals surface area contributed by atoms with Crippen LogP contribution < -0.4 is 0 Å². The number of unbranched alkanes of at least 4 members (excludes halogenated alkanes) is 4. The predicted molar refractivity (Wildman–Crippen MR) is 200 cm³/mol. The average molecular weight is 703 g/mol. The molecule has 1 saturated heterocycles. The Morgan fingerprint density at radius 3 is 1.70 bits per heavy atom. The van der Waals surface area contributed by atoms with Crippen LogP contribution in [0.15, 0.2) is 85.1 Å². The molecule has 1 fully saturated rings. The van der Waals surface area contributed by atoms with Crippen molar-refractivity contribution in [2.24, 2.45) is 0 Å². The van der Waals surface area contributed by atoms with Crippen LogP contribution in [0.1, 0.15) is 104 Å². The van der Waals surface area contributed by atoms with Gasteiger partial charge in [-0.3, -0.25) is 4.79 Å². The van der Waals surface area contributed by atoms with E-state index >= 15 is 0 Å². The Morgan fingerprint density at radius 1 is 0.660 bits per heavy atom. The van der Waals surface area contributed by atoms with Crippen molar-refractivity contribution in [3.63, 3.8) is 0 Å². The van der Waals surface area contributed by atoms with Gasteiger partial charge in [-0.25, -0.2) is 0 Å². The first kappa shape index (κ1) is 45.4. The van der Waals surface area contributed by atoms with Crippen molar-refractivity contribution in [3.05, 3.63) is 85.1 Å². The molecule has 1 rings (SSSR count). The van der Waals surface area contributed by atoms with Crippen LogP contribution in [0.3, 0.4) is 0 Å². The smallest absolute Gasteiger partial charge is 0.306 e. The van der Waals surface area contributed by atoms with Gasteiger partial charge in [0.2, 0.25) is 0 Å². The minimum absolute atomic E-state index is 0.115. The molecule has 0 saturated carbocycles. The lowest BCUT2D eigenvalue weighted by Gasteiger charge is -2.39. The Morgan fingerprint density at radius 2 is 1.18 bits per heavy atom. The number of carbonyl (C=O) groups excluding carboxylic acids is 1. The molecule has 6 unspecified atom stereocenters. The largest absolute Gasteiger partial charge is 0.457 e. The third-order valence-corrected chi connectivity index (χ3v) is 7.80. The molecule has 4 N–H and O–H groups in total. The molecule has 50 heavy (non-hydrogen) atoms. The lowest BCUT2D eigenvalue weighted by molar-refractivity contribution is -0.305. The van der Waals surface area contributed by atoms with Crippen LogP contribution in [-0.2, 0) is 23.7 Å². The van der Waals surface area contributed by atoms with Gasteiger partial charge in [0.1, 0.15) is 30.5 Å². The summed E-state index contributed by atoms with van der Waals surface area (Å²) in [6, 6.07) is 0. The summed E-state index contributed by atoms with van der Waals surface area (Å²) in [4.78, 5) is 12.1. The lowest BCUT2D eigenvalue weighted by Crippen LogP contribution is -2.59. The SMILES string of the molecule is CC/C=C\C/C=C\C/C=C\C/C=C\C/C=C\C/C=C\C/C=C\CCCCCCOCC(COC1OC(CO)C(O)C(O)C1O)OC(=O)CCC. The third kappa shape index (κ3) is 23.7. The van der Waals surface area contributed by atoms with Crippen LogP contribution in [0.25, 0.3) is 0 Å². The summed E-state index contributed by atoms with van der Waals surface area (Å²) in [6.45, 7) is 3.97. The van der Waals surface area contributed by atoms with Crippen LogP contribution in [0.5, 0.6) is 0 Å². The van der Waals surface area contributed by atoms with Gasteiger partial charge in [0.05, 0.1) is 19.8 Å². The highest BCUT2D eigenvalue weighted by atomic mass is 16.7. The summed E-state index contributed by atoms with van der Waals surface area (Å²) < 4.78 is 22.2. The maximum Gasteiger partial charge on any atom is 0.306 e. The first-order chi connectivity index (χ1) is 24.4. The molecule has 0 spiro atoms. The van der Waals surface area contributed by atoms with Crippen molar-refractivity contribution >= 4 is 5.97 Å². The first-order valence-electron chi connectivity index (χ1n) is 18.7. The zero-order chi connectivity index (χ0) is 36.5. The second-order valence-electron chi connectivity index (χ2n) is 12.3. The molecule has 6 atom stereocenters. The highest BCUT2D eigenvalue weighted by Gasteiger charge is 2.44. The number of esters is 1. The molecule has 0 radical (unpaired) electrons. The Labute approximate surface area is 301 Å². The molecule has 1 heterocycles. The van der Waals surface area contributed by atoms with Crippen molar-refractivity contribution in [3.8, 4) is 0 Å². The summed E-state index contributed by atoms with van der Waals surface area (Å²) in [6.07, 6.45) is 36.4. The number of allylic oxidation sites excluding steroid dienone is 14. The number of hydrogen-bond donors (Lipinski definition) is 4. The number of hydrogen-bond acceptors (Lipinski definition) is 9. The first-order valence-corrected chi connectivity index (χ1v) is 18.7. The Bertz CT molecular complexity index is 1030. The molecule has 9 nitrogen and oxygen atoms in total. The molecule has 0 aromatic heterocycles. The van der Waals surface area contributed by atoms with E-state index in [1.54, 1.807) is 0 Å². The van der Waals surface area contributed by atoms with E-state index in [9.17, 15) is 25.2 Å². The van der Waals surface area contributed by atoms with E-state index < -0.39 is 43.4 Å². The molecule has 1 aliphatic rings. The van der Waals surface area contributed by atoms with Gasteiger partial charge in [0.15, 0.2) is 6.29 Å². The van der Waals surface area contributed by atoms with Crippen LogP contribution >= 0.6 is 0 Å². The van der Waals surface area contributed by atoms with E-state index in [2.05, 4.69) is 92.0 Å². The lowest BCUT2D eigenvalue weighted by atomic mass is 9.99. The second-order valence-corrected chi connectivity index (χ2v) is 12.3. The van der Waals surface area contributed by atoms with Crippen molar-refractivity contribution in [1.82, 2.24) is 0 Å². The number of aliphatic hydroxyl groups is 4. The van der Waals surface area contributed by atoms with Gasteiger partial charge in [0.25, 0.3) is 0 Å². The molecule has 1 aliphatic heterocycles. The number of rotatable bonds is 29. The van der Waals surface area contributed by atoms with Crippen LogP contribution in [0.2, 0.25) is 0 Å². The molecule has 9 heteroatoms. The van der Waals surface area contributed by atoms with Crippen molar-refractivity contribution in [1.29, 1.82) is 0 Å². The van der Waals surface area contributed by atoms with E-state index in [1.165, 1.54) is 0 Å². The monoisotopic (exact) mass is 702 g/mol. The molecule has 0 aromatic carbocycles. The Hall–Kier alpha value is -2.63. The highest BCUT2D eigenvalue weighted by molar-refractivity contribution is 5.69. The predicted octanol–water partition coefficient (Wildman–Crippen LogP) is 7.13. The minimum atomic E-state index is -1.54. The van der Waals surface area contributed by atoms with Crippen LogP contribution in [0, 0.1) is 0 Å². The molecular formula is C41H66O9. The molecule has 0 aliphatic carbocycles. The fourth-order valence-electron chi connectivity index (χ4n) is 4.92. The fourth-order valence-corrected chi connectivity index (χ4v) is 4.92. The summed E-state index contributed by atoms with van der Waals surface area (Å²) in [5, 5.41) is 39.5. The third-order valence-electron chi connectivity index (χ3n) is 7.80. The zero-order valence-electron chi connectivity index (χ0n) is 30.6. The van der Waals surface area contributed by atoms with E-state index in [0.717, 1.165) is 77.0 Å². The summed E-state index contributed by atoms with van der Waals surface area (Å²) in [7, 11) is 0. The van der Waals surface area contributed by atoms with Gasteiger partial charge in [-0.05, 0) is 70.6 Å². The van der Waals surface area contributed by atoms with Crippen molar-refractivity contribution in [2.75, 3.05) is 26.4 Å². The van der Waals surface area contributed by atoms with Gasteiger partial charge >= 0.3 is 5.97 Å². The highest BCUT2D eigenvalue weighted by Crippen LogP contribution is 2.22. The Balaban J connectivity index is 2.10. The van der Waals surface area contributed by atoms with Gasteiger partial charge in [-0.15, -0.1) is 0 Å². The van der Waals surface area contributed by atoms with E-state index in [1.807, 2.05) is 6.92 Å². The molecule has 0 amide bonds. The molecule has 284 valence electrons. The van der Waals surface area contributed by atoms with Crippen LogP contribution in [-0.4, -0.2) is 89.6 Å². The topological polar surface area (TPSA) is 135 Å². The van der Waals surface area contributed by atoms with Crippen molar-refractivity contribution in [2.45, 2.75) is 141 Å². The normalized spacial score (nSPS) is 22.6. The summed E-state index contributed by atoms with van der Waals surface area (Å²) in [5.41, 5.74) is 0. The van der Waals surface area contributed by atoms with Gasteiger partial charge in [-0.2, -0.15) is 0 Å². The van der Waals surface area contributed by atoms with Gasteiger partial charge < -0.3 is 39.4 Å². The quantitative estimate of drug-likeness (QED) is 0.0365. The molecule has 0 aromatic rings. The van der Waals surface area contributed by atoms with E-state index in [4.69, 9.17) is 18.9 Å². The Kier molecular flexibility index (Phi) is 29.3. The maximum absolute atomic E-state index is 12.1. The number of aliphatic hydroxyl groups excluding tert-OH is 4. The number of carbonyl (C=O) groups is 1.